The average molecular weight is 565 g/mol. The number of alkyl halides is 3. The number of hydrogen-bond donors (Lipinski definition) is 2. The highest BCUT2D eigenvalue weighted by molar-refractivity contribution is 8.01. The van der Waals surface area contributed by atoms with Gasteiger partial charge in [0.15, 0.2) is 0 Å². The topological polar surface area (TPSA) is 78.9 Å². The minimum absolute atomic E-state index is 0.0589. The molecule has 1 saturated carbocycles. The summed E-state index contributed by atoms with van der Waals surface area (Å²) in [5.41, 5.74) is 2.67. The Labute approximate surface area is 231 Å². The van der Waals surface area contributed by atoms with Gasteiger partial charge in [0, 0.05) is 23.2 Å². The molecule has 2 aromatic carbocycles. The summed E-state index contributed by atoms with van der Waals surface area (Å²) in [5.74, 6) is -1.11. The summed E-state index contributed by atoms with van der Waals surface area (Å²) in [4.78, 5) is 28.0. The third-order valence-corrected chi connectivity index (χ3v) is 8.96. The van der Waals surface area contributed by atoms with Gasteiger partial charge in [-0.1, -0.05) is 38.7 Å². The number of hydrogen-bond acceptors (Lipinski definition) is 4. The molecule has 2 aliphatic rings. The number of fused-ring (bicyclic) bond motifs is 1. The van der Waals surface area contributed by atoms with E-state index in [9.17, 15) is 27.9 Å². The van der Waals surface area contributed by atoms with Gasteiger partial charge in [-0.15, -0.1) is 24.9 Å². The molecule has 2 amide bonds. The fraction of sp³-hybridized carbons (Fsp3) is 0.517. The maximum atomic E-state index is 13.4. The maximum absolute atomic E-state index is 13.4. The van der Waals surface area contributed by atoms with Crippen molar-refractivity contribution in [2.24, 2.45) is 0 Å². The Hall–Kier alpha value is -2.88. The summed E-state index contributed by atoms with van der Waals surface area (Å²) in [6.07, 6.45) is 4.10. The lowest BCUT2D eigenvalue weighted by atomic mass is 9.84. The summed E-state index contributed by atoms with van der Waals surface area (Å²) in [7, 11) is 0. The number of carboxylic acids is 1. The Kier molecular flexibility index (Phi) is 9.35. The van der Waals surface area contributed by atoms with E-state index in [0.717, 1.165) is 54.5 Å². The number of ether oxygens (including phenoxy) is 1. The first-order valence-electron chi connectivity index (χ1n) is 13.6. The lowest BCUT2D eigenvalue weighted by Crippen LogP contribution is -2.44. The van der Waals surface area contributed by atoms with Crippen LogP contribution >= 0.6 is 11.8 Å². The summed E-state index contributed by atoms with van der Waals surface area (Å²) >= 11 is 1.42. The van der Waals surface area contributed by atoms with E-state index in [-0.39, 0.29) is 17.8 Å². The van der Waals surface area contributed by atoms with Crippen LogP contribution in [0.5, 0.6) is 5.75 Å². The van der Waals surface area contributed by atoms with Gasteiger partial charge in [-0.25, -0.2) is 4.79 Å². The van der Waals surface area contributed by atoms with Gasteiger partial charge in [-0.05, 0) is 86.1 Å². The van der Waals surface area contributed by atoms with Crippen LogP contribution in [0, 0.1) is 0 Å². The highest BCUT2D eigenvalue weighted by Crippen LogP contribution is 2.48. The van der Waals surface area contributed by atoms with Crippen LogP contribution in [0.2, 0.25) is 0 Å². The van der Waals surface area contributed by atoms with Gasteiger partial charge in [0.2, 0.25) is 0 Å². The fourth-order valence-corrected chi connectivity index (χ4v) is 6.58. The molecule has 4 rings (SSSR count). The number of aliphatic carboxylic acids is 1. The van der Waals surface area contributed by atoms with Crippen molar-refractivity contribution in [3.05, 3.63) is 53.6 Å². The van der Waals surface area contributed by atoms with E-state index in [0.29, 0.717) is 37.9 Å². The molecule has 1 fully saturated rings. The van der Waals surface area contributed by atoms with Gasteiger partial charge in [-0.2, -0.15) is 0 Å². The average Bonchev–Trinajstić information content (AvgIpc) is 3.26. The Morgan fingerprint density at radius 3 is 2.36 bits per heavy atom. The normalized spacial score (nSPS) is 17.7. The molecular weight excluding hydrogens is 529 g/mol. The predicted molar refractivity (Wildman–Crippen MR) is 145 cm³/mol. The van der Waals surface area contributed by atoms with Crippen LogP contribution < -0.4 is 10.1 Å². The number of nitrogens with zero attached hydrogens (tertiary/aromatic N) is 1. The van der Waals surface area contributed by atoms with Crippen LogP contribution in [-0.2, 0) is 17.6 Å². The number of thioether (sulfide) groups is 1. The second-order valence-corrected chi connectivity index (χ2v) is 11.8. The molecule has 0 aromatic heterocycles. The smallest absolute Gasteiger partial charge is 0.480 e. The van der Waals surface area contributed by atoms with E-state index in [1.165, 1.54) is 36.0 Å². The van der Waals surface area contributed by atoms with E-state index >= 15 is 0 Å². The van der Waals surface area contributed by atoms with Gasteiger partial charge in [0.25, 0.3) is 0 Å². The number of carboxylic acid groups (broad SMARTS) is 1. The maximum Gasteiger partial charge on any atom is 0.573 e. The molecule has 39 heavy (non-hydrogen) atoms. The molecule has 2 N–H and O–H groups in total. The third kappa shape index (κ3) is 7.62. The molecule has 1 unspecified atom stereocenters. The van der Waals surface area contributed by atoms with E-state index in [1.54, 1.807) is 0 Å². The van der Waals surface area contributed by atoms with Crippen LogP contribution in [0.15, 0.2) is 47.4 Å². The number of rotatable bonds is 12. The minimum Gasteiger partial charge on any atom is -0.480 e. The van der Waals surface area contributed by atoms with Gasteiger partial charge in [0.1, 0.15) is 10.5 Å². The minimum atomic E-state index is -4.78. The zero-order chi connectivity index (χ0) is 28.0. The van der Waals surface area contributed by atoms with Gasteiger partial charge in [0.05, 0.1) is 0 Å². The largest absolute Gasteiger partial charge is 0.573 e. The first-order valence-corrected chi connectivity index (χ1v) is 14.4. The van der Waals surface area contributed by atoms with Crippen molar-refractivity contribution in [3.8, 4) is 5.75 Å². The molecule has 2 aliphatic carbocycles. The lowest BCUT2D eigenvalue weighted by molar-refractivity contribution is -0.274. The number of unbranched alkanes of at least 4 members (excludes halogenated alkanes) is 4. The monoisotopic (exact) mass is 564 g/mol. The van der Waals surface area contributed by atoms with Crippen LogP contribution in [0.25, 0.3) is 0 Å². The molecule has 0 saturated heterocycles. The zero-order valence-corrected chi connectivity index (χ0v) is 22.9. The number of halogens is 3. The van der Waals surface area contributed by atoms with Crippen molar-refractivity contribution in [2.45, 2.75) is 93.2 Å². The van der Waals surface area contributed by atoms with Crippen molar-refractivity contribution in [2.75, 3.05) is 11.9 Å². The van der Waals surface area contributed by atoms with Crippen molar-refractivity contribution < 1.29 is 32.6 Å². The lowest BCUT2D eigenvalue weighted by Gasteiger charge is -2.36. The standard InChI is InChI=1S/C29H35F3N2O4S/c1-2-3-4-5-6-16-34(27(37)33-22-9-11-24(12-10-22)38-29(30,31)32)23-17-20-8-13-25(19-21(20)18-23)39-28(26(35)36)14-7-15-28/h8-13,19,23H,2-7,14-18H2,1H3,(H,33,37)(H,35,36). The molecule has 0 aliphatic heterocycles. The van der Waals surface area contributed by atoms with Crippen LogP contribution in [0.1, 0.15) is 69.4 Å². The number of nitrogens with one attached hydrogen (secondary N) is 1. The van der Waals surface area contributed by atoms with Crippen LogP contribution in [0.3, 0.4) is 0 Å². The second kappa shape index (κ2) is 12.5. The number of urea groups is 1. The Morgan fingerprint density at radius 2 is 1.74 bits per heavy atom. The Balaban J connectivity index is 1.43. The first-order chi connectivity index (χ1) is 18.6. The molecule has 212 valence electrons. The number of anilines is 1. The van der Waals surface area contributed by atoms with E-state index < -0.39 is 17.1 Å². The Morgan fingerprint density at radius 1 is 1.05 bits per heavy atom. The summed E-state index contributed by atoms with van der Waals surface area (Å²) in [6.45, 7) is 2.73. The molecule has 0 bridgehead atoms. The number of carbonyl (C=O) groups excluding carboxylic acids is 1. The molecular formula is C29H35F3N2O4S. The zero-order valence-electron chi connectivity index (χ0n) is 22.1. The van der Waals surface area contributed by atoms with E-state index in [2.05, 4.69) is 23.0 Å². The van der Waals surface area contributed by atoms with Gasteiger partial charge in [-0.3, -0.25) is 4.79 Å². The molecule has 0 spiro atoms. The van der Waals surface area contributed by atoms with Crippen molar-refractivity contribution in [1.29, 1.82) is 0 Å². The summed E-state index contributed by atoms with van der Waals surface area (Å²) < 4.78 is 40.6. The number of benzene rings is 2. The predicted octanol–water partition coefficient (Wildman–Crippen LogP) is 7.66. The highest BCUT2D eigenvalue weighted by Gasteiger charge is 2.45. The number of carbonyl (C=O) groups is 2. The van der Waals surface area contributed by atoms with Gasteiger partial charge >= 0.3 is 18.4 Å². The first kappa shape index (κ1) is 29.1. The highest BCUT2D eigenvalue weighted by atomic mass is 32.2. The molecule has 0 heterocycles. The molecule has 6 nitrogen and oxygen atoms in total. The van der Waals surface area contributed by atoms with Crippen LogP contribution in [0.4, 0.5) is 23.7 Å². The van der Waals surface area contributed by atoms with Gasteiger partial charge < -0.3 is 20.1 Å². The fourth-order valence-electron chi connectivity index (χ4n) is 5.21. The summed E-state index contributed by atoms with van der Waals surface area (Å²) in [5, 5.41) is 12.5. The molecule has 1 atom stereocenters. The number of amides is 2. The van der Waals surface area contributed by atoms with E-state index in [1.807, 2.05) is 17.0 Å². The van der Waals surface area contributed by atoms with Crippen molar-refractivity contribution in [3.63, 3.8) is 0 Å². The van der Waals surface area contributed by atoms with Crippen molar-refractivity contribution in [1.82, 2.24) is 4.90 Å². The molecule has 10 heteroatoms. The summed E-state index contributed by atoms with van der Waals surface area (Å²) in [6, 6.07) is 10.9. The second-order valence-electron chi connectivity index (χ2n) is 10.4. The van der Waals surface area contributed by atoms with Crippen molar-refractivity contribution >= 4 is 29.4 Å². The SMILES string of the molecule is CCCCCCCN(C(=O)Nc1ccc(OC(F)(F)F)cc1)C1Cc2ccc(SC3(C(=O)O)CCC3)cc2C1. The molecule has 2 aromatic rings. The Bertz CT molecular complexity index is 1150. The third-order valence-electron chi connectivity index (χ3n) is 7.50. The molecule has 0 radical (unpaired) electrons. The van der Waals surface area contributed by atoms with E-state index in [4.69, 9.17) is 0 Å². The quantitative estimate of drug-likeness (QED) is 0.259. The van der Waals surface area contributed by atoms with Crippen LogP contribution in [-0.4, -0.2) is 45.7 Å².